The van der Waals surface area contributed by atoms with Gasteiger partial charge in [-0.25, -0.2) is 4.79 Å². The summed E-state index contributed by atoms with van der Waals surface area (Å²) in [6, 6.07) is 0. The van der Waals surface area contributed by atoms with Crippen LogP contribution in [-0.2, 0) is 50.7 Å². The van der Waals surface area contributed by atoms with E-state index in [9.17, 15) is 24.0 Å². The average molecular weight is 650 g/mol. The number of rotatable bonds is 15. The van der Waals surface area contributed by atoms with Crippen LogP contribution in [0.15, 0.2) is 18.2 Å². The number of nitrogens with zero attached hydrogens (tertiary/aromatic N) is 5. The van der Waals surface area contributed by atoms with Crippen LogP contribution < -0.4 is 4.68 Å². The lowest BCUT2D eigenvalue weighted by molar-refractivity contribution is -0.680. The molecule has 0 saturated heterocycles. The van der Waals surface area contributed by atoms with E-state index in [-0.39, 0.29) is 38.6 Å². The zero-order valence-electron chi connectivity index (χ0n) is 19.4. The molecular weight excluding hydrogens is 626 g/mol. The number of aliphatic hydroxyl groups is 1. The number of carbonyl (C=O) groups is 5. The van der Waals surface area contributed by atoms with Crippen LogP contribution in [0.1, 0.15) is 11.4 Å². The first-order valence-electron chi connectivity index (χ1n) is 11.0. The van der Waals surface area contributed by atoms with E-state index >= 15 is 0 Å². The van der Waals surface area contributed by atoms with Gasteiger partial charge in [-0.1, -0.05) is 31.9 Å². The van der Waals surface area contributed by atoms with Crippen LogP contribution in [0.4, 0.5) is 0 Å². The normalized spacial score (nSPS) is 16.4. The quantitative estimate of drug-likeness (QED) is 0.0993. The Bertz CT molecular complexity index is 1130. The number of carbonyl (C=O) groups excluding carboxylic acids is 4. The standard InChI is InChI=1S/C21H23Br2N5O9/c22-8-14-16(9-23)28(27(24-14)3-5-36-6-4-29)15-7-19(32)26(21(15)35)11-13(37-12-20(33)34)10-25-17(30)1-2-18(25)31/h1-2,7,13,29H,3-6,8-12H2/p+1. The summed E-state index contributed by atoms with van der Waals surface area (Å²) >= 11 is 6.76. The molecule has 0 radical (unpaired) electrons. The topological polar surface area (TPSA) is 172 Å². The highest BCUT2D eigenvalue weighted by molar-refractivity contribution is 9.09. The minimum atomic E-state index is -1.30. The van der Waals surface area contributed by atoms with Crippen molar-refractivity contribution < 1.29 is 48.3 Å². The van der Waals surface area contributed by atoms with Crippen LogP contribution >= 0.6 is 31.9 Å². The predicted molar refractivity (Wildman–Crippen MR) is 130 cm³/mol. The molecule has 0 aliphatic carbocycles. The van der Waals surface area contributed by atoms with E-state index in [0.717, 1.165) is 28.0 Å². The van der Waals surface area contributed by atoms with E-state index in [2.05, 4.69) is 37.0 Å². The van der Waals surface area contributed by atoms with Gasteiger partial charge in [0.25, 0.3) is 17.7 Å². The molecule has 0 saturated carbocycles. The van der Waals surface area contributed by atoms with Crippen molar-refractivity contribution in [2.24, 2.45) is 0 Å². The molecule has 2 aliphatic rings. The molecule has 0 spiro atoms. The van der Waals surface area contributed by atoms with E-state index in [1.165, 1.54) is 9.48 Å². The van der Waals surface area contributed by atoms with Gasteiger partial charge < -0.3 is 19.7 Å². The summed E-state index contributed by atoms with van der Waals surface area (Å²) in [4.78, 5) is 64.4. The number of amides is 4. The van der Waals surface area contributed by atoms with Gasteiger partial charge in [-0.05, 0) is 4.80 Å². The maximum absolute atomic E-state index is 13.4. The first kappa shape index (κ1) is 28.8. The second kappa shape index (κ2) is 13.1. The van der Waals surface area contributed by atoms with E-state index in [0.29, 0.717) is 22.0 Å². The fourth-order valence-corrected chi connectivity index (χ4v) is 4.66. The third kappa shape index (κ3) is 6.75. The molecular formula is C21H24Br2N5O9+. The number of imide groups is 2. The molecule has 3 rings (SSSR count). The summed E-state index contributed by atoms with van der Waals surface area (Å²) in [6.07, 6.45) is 2.11. The van der Waals surface area contributed by atoms with E-state index in [1.54, 1.807) is 0 Å². The minimum absolute atomic E-state index is 0.00622. The van der Waals surface area contributed by atoms with Gasteiger partial charge in [0.1, 0.15) is 13.2 Å². The number of aromatic nitrogens is 3. The van der Waals surface area contributed by atoms with Crippen molar-refractivity contribution in [3.63, 3.8) is 0 Å². The Morgan fingerprint density at radius 1 is 1.03 bits per heavy atom. The second-order valence-corrected chi connectivity index (χ2v) is 8.86. The van der Waals surface area contributed by atoms with Crippen molar-refractivity contribution in [2.75, 3.05) is 39.5 Å². The van der Waals surface area contributed by atoms with Gasteiger partial charge in [-0.2, -0.15) is 0 Å². The summed E-state index contributed by atoms with van der Waals surface area (Å²) < 4.78 is 12.1. The lowest BCUT2D eigenvalue weighted by Crippen LogP contribution is -2.51. The second-order valence-electron chi connectivity index (χ2n) is 7.74. The molecule has 2 N–H and O–H groups in total. The molecule has 200 valence electrons. The summed E-state index contributed by atoms with van der Waals surface area (Å²) in [5.74, 6) is -3.90. The highest BCUT2D eigenvalue weighted by Crippen LogP contribution is 2.19. The summed E-state index contributed by atoms with van der Waals surface area (Å²) in [5.41, 5.74) is 1.21. The van der Waals surface area contributed by atoms with E-state index in [1.807, 2.05) is 0 Å². The Labute approximate surface area is 227 Å². The Morgan fingerprint density at radius 3 is 2.30 bits per heavy atom. The van der Waals surface area contributed by atoms with Crippen LogP contribution in [0.3, 0.4) is 0 Å². The zero-order chi connectivity index (χ0) is 27.1. The molecule has 16 heteroatoms. The van der Waals surface area contributed by atoms with Gasteiger partial charge >= 0.3 is 11.9 Å². The van der Waals surface area contributed by atoms with Gasteiger partial charge in [0.05, 0.1) is 55.8 Å². The van der Waals surface area contributed by atoms with Crippen molar-refractivity contribution in [2.45, 2.75) is 23.3 Å². The minimum Gasteiger partial charge on any atom is -0.480 e. The Kier molecular flexibility index (Phi) is 10.2. The van der Waals surface area contributed by atoms with Gasteiger partial charge in [0, 0.05) is 17.3 Å². The highest BCUT2D eigenvalue weighted by atomic mass is 79.9. The maximum Gasteiger partial charge on any atom is 0.329 e. The molecule has 4 amide bonds. The van der Waals surface area contributed by atoms with E-state index < -0.39 is 48.9 Å². The molecule has 14 nitrogen and oxygen atoms in total. The summed E-state index contributed by atoms with van der Waals surface area (Å²) in [5, 5.41) is 23.1. The molecule has 0 bridgehead atoms. The van der Waals surface area contributed by atoms with Crippen LogP contribution in [-0.4, -0.2) is 105 Å². The maximum atomic E-state index is 13.4. The van der Waals surface area contributed by atoms with Crippen molar-refractivity contribution in [1.82, 2.24) is 19.7 Å². The van der Waals surface area contributed by atoms with Gasteiger partial charge in [0.15, 0.2) is 5.69 Å². The number of hydrogen-bond donors (Lipinski definition) is 2. The van der Waals surface area contributed by atoms with Crippen LogP contribution in [0.25, 0.3) is 5.70 Å². The molecule has 1 aromatic heterocycles. The van der Waals surface area contributed by atoms with Crippen LogP contribution in [0, 0.1) is 0 Å². The number of halogens is 2. The van der Waals surface area contributed by atoms with Crippen molar-refractivity contribution >= 4 is 67.2 Å². The fraction of sp³-hybridized carbons (Fsp3) is 0.476. The first-order valence-corrected chi connectivity index (χ1v) is 13.2. The third-order valence-electron chi connectivity index (χ3n) is 5.31. The van der Waals surface area contributed by atoms with E-state index in [4.69, 9.17) is 19.7 Å². The monoisotopic (exact) mass is 648 g/mol. The average Bonchev–Trinajstić information content (AvgIpc) is 3.48. The molecule has 0 fully saturated rings. The Hall–Kier alpha value is -2.79. The predicted octanol–water partition coefficient (Wildman–Crippen LogP) is -1.43. The third-order valence-corrected chi connectivity index (χ3v) is 6.38. The Morgan fingerprint density at radius 2 is 1.70 bits per heavy atom. The lowest BCUT2D eigenvalue weighted by atomic mass is 10.3. The molecule has 2 aliphatic heterocycles. The molecule has 1 atom stereocenters. The van der Waals surface area contributed by atoms with Crippen molar-refractivity contribution in [3.05, 3.63) is 29.6 Å². The number of hydrogen-bond acceptors (Lipinski definition) is 9. The molecule has 0 aromatic carbocycles. The summed E-state index contributed by atoms with van der Waals surface area (Å²) in [7, 11) is 0. The molecule has 3 heterocycles. The molecule has 1 aromatic rings. The van der Waals surface area contributed by atoms with Crippen molar-refractivity contribution in [1.29, 1.82) is 0 Å². The smallest absolute Gasteiger partial charge is 0.329 e. The number of carboxylic acid groups (broad SMARTS) is 1. The number of alkyl halides is 2. The van der Waals surface area contributed by atoms with Gasteiger partial charge in [-0.3, -0.25) is 29.0 Å². The van der Waals surface area contributed by atoms with Gasteiger partial charge in [0.2, 0.25) is 11.4 Å². The van der Waals surface area contributed by atoms with Crippen molar-refractivity contribution in [3.8, 4) is 0 Å². The number of aliphatic hydroxyl groups excluding tert-OH is 1. The molecule has 37 heavy (non-hydrogen) atoms. The highest BCUT2D eigenvalue weighted by Gasteiger charge is 2.41. The van der Waals surface area contributed by atoms with Crippen LogP contribution in [0.2, 0.25) is 0 Å². The SMILES string of the molecule is O=C(O)COC(CN1C(=O)C=CC1=O)CN1C(=O)C=C([n+]2c(CBr)c(CBr)nn2CCOCCO)C1=O. The number of ether oxygens (including phenoxy) is 2. The number of carboxylic acids is 1. The Balaban J connectivity index is 1.84. The summed E-state index contributed by atoms with van der Waals surface area (Å²) in [6.45, 7) is -1.14. The fourth-order valence-electron chi connectivity index (χ4n) is 3.66. The number of aliphatic carboxylic acids is 1. The largest absolute Gasteiger partial charge is 0.480 e. The first-order chi connectivity index (χ1) is 17.7. The van der Waals surface area contributed by atoms with Crippen LogP contribution in [0.5, 0.6) is 0 Å². The van der Waals surface area contributed by atoms with Gasteiger partial charge in [-0.15, -0.1) is 4.68 Å². The lowest BCUT2D eigenvalue weighted by Gasteiger charge is -2.25. The molecule has 1 unspecified atom stereocenters. The zero-order valence-corrected chi connectivity index (χ0v) is 22.6.